The summed E-state index contributed by atoms with van der Waals surface area (Å²) in [7, 11) is -4.81. The number of methoxy groups -OCH3 is 2. The molecule has 3 aromatic carbocycles. The topological polar surface area (TPSA) is 85.3 Å². The van der Waals surface area contributed by atoms with Gasteiger partial charge in [0.15, 0.2) is 20.1 Å². The minimum absolute atomic E-state index is 0.0160. The monoisotopic (exact) mass is 601 g/mol. The number of nitrogens with zero attached hydrogens (tertiary/aromatic N) is 1. The molecule has 4 rings (SSSR count). The van der Waals surface area contributed by atoms with Crippen LogP contribution in [0.3, 0.4) is 0 Å². The number of aliphatic hydroxyl groups excluding tert-OH is 1. The van der Waals surface area contributed by atoms with E-state index in [0.717, 1.165) is 6.07 Å². The van der Waals surface area contributed by atoms with Gasteiger partial charge >= 0.3 is 6.18 Å². The van der Waals surface area contributed by atoms with Crippen LogP contribution >= 0.6 is 11.6 Å². The van der Waals surface area contributed by atoms with Crippen molar-refractivity contribution in [1.29, 1.82) is 0 Å². The van der Waals surface area contributed by atoms with Crippen LogP contribution in [0.2, 0.25) is 24.7 Å². The van der Waals surface area contributed by atoms with Crippen molar-refractivity contribution < 1.29 is 40.6 Å². The molecule has 0 saturated heterocycles. The van der Waals surface area contributed by atoms with Crippen LogP contribution in [-0.2, 0) is 26.2 Å². The molecule has 1 N–H and O–H groups in total. The van der Waals surface area contributed by atoms with Crippen LogP contribution in [0.4, 0.5) is 18.9 Å². The SMILES string of the molecule is COc1ccc(S(=O)(=O)N2c3ccc(Cl)cc3C(O[Si](C)(C)C)(c3ccccc3C(F)(F)F)C2O)c(OC)c1. The minimum Gasteiger partial charge on any atom is -0.497 e. The number of benzene rings is 3. The third-order valence-corrected chi connectivity index (χ3v) is 9.17. The molecule has 0 aromatic heterocycles. The third-order valence-electron chi connectivity index (χ3n) is 6.19. The van der Waals surface area contributed by atoms with E-state index in [9.17, 15) is 26.7 Å². The molecule has 0 bridgehead atoms. The number of rotatable bonds is 7. The molecule has 0 fully saturated rings. The summed E-state index contributed by atoms with van der Waals surface area (Å²) >= 11 is 6.30. The Hall–Kier alpha value is -2.77. The maximum Gasteiger partial charge on any atom is 0.416 e. The highest BCUT2D eigenvalue weighted by Crippen LogP contribution is 2.55. The molecule has 0 amide bonds. The van der Waals surface area contributed by atoms with Crippen molar-refractivity contribution in [1.82, 2.24) is 0 Å². The van der Waals surface area contributed by atoms with Crippen LogP contribution in [0.15, 0.2) is 65.6 Å². The van der Waals surface area contributed by atoms with E-state index in [4.69, 9.17) is 25.5 Å². The van der Waals surface area contributed by atoms with E-state index in [1.807, 2.05) is 0 Å². The van der Waals surface area contributed by atoms with Crippen LogP contribution in [0, 0.1) is 0 Å². The van der Waals surface area contributed by atoms with E-state index in [1.54, 1.807) is 19.6 Å². The lowest BCUT2D eigenvalue weighted by molar-refractivity contribution is -0.141. The molecule has 0 saturated carbocycles. The van der Waals surface area contributed by atoms with Gasteiger partial charge in [-0.25, -0.2) is 12.7 Å². The number of aliphatic hydroxyl groups is 1. The highest BCUT2D eigenvalue weighted by atomic mass is 35.5. The zero-order valence-corrected chi connectivity index (χ0v) is 24.3. The second kappa shape index (κ2) is 10.0. The molecule has 2 atom stereocenters. The molecule has 7 nitrogen and oxygen atoms in total. The zero-order valence-electron chi connectivity index (χ0n) is 21.7. The fraction of sp³-hybridized carbons (Fsp3) is 0.308. The number of hydrogen-bond acceptors (Lipinski definition) is 6. The van der Waals surface area contributed by atoms with E-state index in [1.165, 1.54) is 68.8 Å². The molecule has 210 valence electrons. The number of halogens is 4. The van der Waals surface area contributed by atoms with Gasteiger partial charge in [0.25, 0.3) is 10.0 Å². The van der Waals surface area contributed by atoms with Gasteiger partial charge in [0, 0.05) is 22.2 Å². The third kappa shape index (κ3) is 5.00. The number of ether oxygens (including phenoxy) is 2. The van der Waals surface area contributed by atoms with E-state index >= 15 is 0 Å². The number of alkyl halides is 3. The van der Waals surface area contributed by atoms with Crippen molar-refractivity contribution in [2.24, 2.45) is 0 Å². The first-order chi connectivity index (χ1) is 18.1. The Morgan fingerprint density at radius 3 is 2.23 bits per heavy atom. The van der Waals surface area contributed by atoms with Gasteiger partial charge in [0.1, 0.15) is 16.4 Å². The van der Waals surface area contributed by atoms with Gasteiger partial charge in [0.2, 0.25) is 0 Å². The van der Waals surface area contributed by atoms with Crippen LogP contribution in [0.5, 0.6) is 11.5 Å². The molecule has 1 heterocycles. The van der Waals surface area contributed by atoms with Crippen LogP contribution in [-0.4, -0.2) is 42.3 Å². The van der Waals surface area contributed by atoms with E-state index < -0.39 is 47.5 Å². The van der Waals surface area contributed by atoms with Gasteiger partial charge in [0.05, 0.1) is 25.5 Å². The fourth-order valence-corrected chi connectivity index (χ4v) is 7.91. The van der Waals surface area contributed by atoms with Gasteiger partial charge in [-0.3, -0.25) is 0 Å². The molecular weight excluding hydrogens is 575 g/mol. The highest BCUT2D eigenvalue weighted by molar-refractivity contribution is 7.93. The van der Waals surface area contributed by atoms with Crippen LogP contribution in [0.25, 0.3) is 0 Å². The maximum atomic E-state index is 14.3. The standard InChI is InChI=1S/C26H27ClF3NO6SSi/c1-35-17-11-13-23(22(15-17)36-2)38(33,34)31-21-12-10-16(27)14-20(21)25(24(31)32,37-39(3,4)5)18-8-6-7-9-19(18)26(28,29)30/h6-15,24,32H,1-5H3. The predicted octanol–water partition coefficient (Wildman–Crippen LogP) is 6.00. The van der Waals surface area contributed by atoms with E-state index in [0.29, 0.717) is 10.1 Å². The smallest absolute Gasteiger partial charge is 0.416 e. The Morgan fingerprint density at radius 2 is 1.64 bits per heavy atom. The molecule has 39 heavy (non-hydrogen) atoms. The number of sulfonamides is 1. The Kier molecular flexibility index (Phi) is 7.49. The first kappa shape index (κ1) is 29.2. The molecule has 0 aliphatic carbocycles. The molecule has 1 aliphatic heterocycles. The van der Waals surface area contributed by atoms with Crippen LogP contribution in [0.1, 0.15) is 16.7 Å². The Morgan fingerprint density at radius 1 is 0.974 bits per heavy atom. The average molecular weight is 602 g/mol. The Balaban J connectivity index is 2.09. The van der Waals surface area contributed by atoms with E-state index in [2.05, 4.69) is 0 Å². The zero-order chi connectivity index (χ0) is 29.0. The number of hydrogen-bond donors (Lipinski definition) is 1. The summed E-state index contributed by atoms with van der Waals surface area (Å²) in [6, 6.07) is 12.7. The second-order valence-electron chi connectivity index (χ2n) is 9.85. The average Bonchev–Trinajstić information content (AvgIpc) is 3.10. The van der Waals surface area contributed by atoms with Gasteiger partial charge in [-0.15, -0.1) is 0 Å². The number of anilines is 1. The van der Waals surface area contributed by atoms with Crippen molar-refractivity contribution in [3.8, 4) is 11.5 Å². The maximum absolute atomic E-state index is 14.3. The summed E-state index contributed by atoms with van der Waals surface area (Å²) in [5.74, 6) is 0.229. The van der Waals surface area contributed by atoms with Gasteiger partial charge in [-0.05, 0) is 56.0 Å². The lowest BCUT2D eigenvalue weighted by Gasteiger charge is -2.41. The van der Waals surface area contributed by atoms with Gasteiger partial charge in [-0.2, -0.15) is 13.2 Å². The molecule has 0 radical (unpaired) electrons. The summed E-state index contributed by atoms with van der Waals surface area (Å²) in [6.45, 7) is 5.18. The first-order valence-corrected chi connectivity index (χ1v) is 16.9. The molecule has 1 aliphatic rings. The molecule has 13 heteroatoms. The van der Waals surface area contributed by atoms with Gasteiger partial charge < -0.3 is 19.0 Å². The lowest BCUT2D eigenvalue weighted by atomic mass is 9.83. The molecule has 0 spiro atoms. The van der Waals surface area contributed by atoms with Crippen molar-refractivity contribution >= 4 is 35.6 Å². The lowest BCUT2D eigenvalue weighted by Crippen LogP contribution is -2.53. The number of fused-ring (bicyclic) bond motifs is 1. The summed E-state index contributed by atoms with van der Waals surface area (Å²) in [6.07, 6.45) is -6.98. The molecular formula is C26H27ClF3NO6SSi. The summed E-state index contributed by atoms with van der Waals surface area (Å²) in [5.41, 5.74) is -3.87. The fourth-order valence-electron chi connectivity index (χ4n) is 4.77. The second-order valence-corrected chi connectivity index (χ2v) is 16.5. The quantitative estimate of drug-likeness (QED) is 0.335. The van der Waals surface area contributed by atoms with Crippen molar-refractivity contribution in [2.45, 2.75) is 42.5 Å². The van der Waals surface area contributed by atoms with Crippen molar-refractivity contribution in [2.75, 3.05) is 18.5 Å². The van der Waals surface area contributed by atoms with Crippen LogP contribution < -0.4 is 13.8 Å². The van der Waals surface area contributed by atoms with Crippen molar-refractivity contribution in [3.05, 3.63) is 82.4 Å². The normalized spacial score (nSPS) is 19.6. The van der Waals surface area contributed by atoms with Crippen molar-refractivity contribution in [3.63, 3.8) is 0 Å². The van der Waals surface area contributed by atoms with E-state index in [-0.39, 0.29) is 26.9 Å². The van der Waals surface area contributed by atoms with Gasteiger partial charge in [-0.1, -0.05) is 29.8 Å². The largest absolute Gasteiger partial charge is 0.497 e. The Labute approximate surface area is 230 Å². The minimum atomic E-state index is -4.84. The predicted molar refractivity (Wildman–Crippen MR) is 143 cm³/mol. The summed E-state index contributed by atoms with van der Waals surface area (Å²) in [5, 5.41) is 12.1. The Bertz CT molecular complexity index is 1510. The summed E-state index contributed by atoms with van der Waals surface area (Å²) < 4.78 is 88.9. The summed E-state index contributed by atoms with van der Waals surface area (Å²) in [4.78, 5) is -0.335. The molecule has 3 aromatic rings. The molecule has 2 unspecified atom stereocenters. The highest BCUT2D eigenvalue weighted by Gasteiger charge is 2.60. The first-order valence-electron chi connectivity index (χ1n) is 11.7.